The summed E-state index contributed by atoms with van der Waals surface area (Å²) in [6, 6.07) is 11.9. The van der Waals surface area contributed by atoms with Gasteiger partial charge in [-0.3, -0.25) is 4.79 Å². The van der Waals surface area contributed by atoms with Crippen molar-refractivity contribution in [2.24, 2.45) is 0 Å². The Labute approximate surface area is 168 Å². The Kier molecular flexibility index (Phi) is 5.59. The van der Waals surface area contributed by atoms with Crippen molar-refractivity contribution < 1.29 is 21.8 Å². The number of carbonyl (C=O) groups excluding carboxylic acids is 1. The predicted molar refractivity (Wildman–Crippen MR) is 101 cm³/mol. The van der Waals surface area contributed by atoms with E-state index in [4.69, 9.17) is 15.8 Å². The Hall–Kier alpha value is -2.29. The van der Waals surface area contributed by atoms with Crippen LogP contribution in [-0.2, 0) is 10.1 Å². The van der Waals surface area contributed by atoms with Crippen molar-refractivity contribution in [1.29, 1.82) is 0 Å². The lowest BCUT2D eigenvalue weighted by Crippen LogP contribution is -2.11. The molecule has 0 unspecified atom stereocenters. The Bertz CT molecular complexity index is 1100. The minimum absolute atomic E-state index is 0.00157. The molecule has 27 heavy (non-hydrogen) atoms. The normalized spacial score (nSPS) is 11.2. The zero-order valence-electron chi connectivity index (χ0n) is 13.4. The Balaban J connectivity index is 1.82. The van der Waals surface area contributed by atoms with Gasteiger partial charge < -0.3 is 4.18 Å². The number of halogens is 3. The minimum Gasteiger partial charge on any atom is -0.379 e. The van der Waals surface area contributed by atoms with Crippen LogP contribution in [0.15, 0.2) is 70.2 Å². The highest BCUT2D eigenvalue weighted by Crippen LogP contribution is 2.26. The van der Waals surface area contributed by atoms with Crippen LogP contribution < -0.4 is 4.18 Å². The van der Waals surface area contributed by atoms with Crippen LogP contribution in [0, 0.1) is 5.82 Å². The van der Waals surface area contributed by atoms with Gasteiger partial charge in [0.05, 0.1) is 0 Å². The van der Waals surface area contributed by atoms with Crippen molar-refractivity contribution in [2.75, 3.05) is 0 Å². The van der Waals surface area contributed by atoms with Crippen LogP contribution >= 0.6 is 27.5 Å². The van der Waals surface area contributed by atoms with Gasteiger partial charge in [-0.25, -0.2) is 9.37 Å². The molecular weight excluding hydrogens is 461 g/mol. The maximum Gasteiger partial charge on any atom is 0.342 e. The lowest BCUT2D eigenvalue weighted by atomic mass is 10.0. The van der Waals surface area contributed by atoms with Crippen molar-refractivity contribution in [3.05, 3.63) is 87.4 Å². The number of aromatic nitrogens is 1. The van der Waals surface area contributed by atoms with Crippen LogP contribution in [0.4, 0.5) is 4.39 Å². The van der Waals surface area contributed by atoms with Crippen LogP contribution in [-0.4, -0.2) is 19.2 Å². The second-order valence-corrected chi connectivity index (χ2v) is 8.13. The van der Waals surface area contributed by atoms with Gasteiger partial charge in [0.25, 0.3) is 0 Å². The summed E-state index contributed by atoms with van der Waals surface area (Å²) in [6.07, 6.45) is 1.36. The minimum atomic E-state index is -4.21. The second-order valence-electron chi connectivity index (χ2n) is 5.34. The van der Waals surface area contributed by atoms with Crippen LogP contribution in [0.5, 0.6) is 5.75 Å². The summed E-state index contributed by atoms with van der Waals surface area (Å²) < 4.78 is 43.2. The molecule has 0 amide bonds. The van der Waals surface area contributed by atoms with Crippen LogP contribution in [0.3, 0.4) is 0 Å². The maximum absolute atomic E-state index is 13.0. The molecular formula is C18H10BrClFNO4S. The van der Waals surface area contributed by atoms with Gasteiger partial charge >= 0.3 is 10.1 Å². The molecule has 0 aliphatic heterocycles. The SMILES string of the molecule is O=C(c1ccc(F)cc1)c1ccc(OS(=O)(=O)c2cc(Br)cnc2Cl)cc1. The van der Waals surface area contributed by atoms with E-state index in [9.17, 15) is 17.6 Å². The first-order valence-corrected chi connectivity index (χ1v) is 10.00. The third kappa shape index (κ3) is 4.52. The van der Waals surface area contributed by atoms with E-state index in [-0.39, 0.29) is 21.6 Å². The van der Waals surface area contributed by atoms with E-state index in [1.807, 2.05) is 0 Å². The fourth-order valence-corrected chi connectivity index (χ4v) is 4.03. The summed E-state index contributed by atoms with van der Waals surface area (Å²) in [5, 5.41) is -0.221. The first-order chi connectivity index (χ1) is 12.8. The van der Waals surface area contributed by atoms with E-state index in [0.29, 0.717) is 15.6 Å². The number of hydrogen-bond acceptors (Lipinski definition) is 5. The lowest BCUT2D eigenvalue weighted by Gasteiger charge is -2.09. The largest absolute Gasteiger partial charge is 0.379 e. The zero-order valence-corrected chi connectivity index (χ0v) is 16.6. The van der Waals surface area contributed by atoms with Gasteiger partial charge in [-0.2, -0.15) is 8.42 Å². The lowest BCUT2D eigenvalue weighted by molar-refractivity contribution is 0.103. The van der Waals surface area contributed by atoms with E-state index in [1.54, 1.807) is 0 Å². The molecule has 1 heterocycles. The molecule has 0 bridgehead atoms. The quantitative estimate of drug-likeness (QED) is 0.309. The van der Waals surface area contributed by atoms with Crippen molar-refractivity contribution in [3.63, 3.8) is 0 Å². The van der Waals surface area contributed by atoms with E-state index in [0.717, 1.165) is 0 Å². The first kappa shape index (κ1) is 19.5. The molecule has 0 N–H and O–H groups in total. The number of hydrogen-bond donors (Lipinski definition) is 0. The fraction of sp³-hybridized carbons (Fsp3) is 0. The third-order valence-electron chi connectivity index (χ3n) is 3.47. The summed E-state index contributed by atoms with van der Waals surface area (Å²) in [6.45, 7) is 0. The molecule has 1 aromatic heterocycles. The molecule has 138 valence electrons. The van der Waals surface area contributed by atoms with Crippen LogP contribution in [0.25, 0.3) is 0 Å². The third-order valence-corrected chi connectivity index (χ3v) is 5.58. The van der Waals surface area contributed by atoms with Gasteiger partial charge in [0, 0.05) is 21.8 Å². The molecule has 0 aliphatic rings. The van der Waals surface area contributed by atoms with Gasteiger partial charge in [0.1, 0.15) is 16.5 Å². The molecule has 3 aromatic rings. The number of ketones is 1. The van der Waals surface area contributed by atoms with Crippen LogP contribution in [0.1, 0.15) is 15.9 Å². The topological polar surface area (TPSA) is 73.3 Å². The summed E-state index contributed by atoms with van der Waals surface area (Å²) in [5.74, 6) is -0.772. The monoisotopic (exact) mass is 469 g/mol. The maximum atomic E-state index is 13.0. The summed E-state index contributed by atoms with van der Waals surface area (Å²) >= 11 is 8.95. The van der Waals surface area contributed by atoms with E-state index in [1.165, 1.54) is 60.8 Å². The number of rotatable bonds is 5. The average Bonchev–Trinajstić information content (AvgIpc) is 2.64. The number of pyridine rings is 1. The first-order valence-electron chi connectivity index (χ1n) is 7.42. The molecule has 2 aromatic carbocycles. The number of nitrogens with zero attached hydrogens (tertiary/aromatic N) is 1. The molecule has 3 rings (SSSR count). The van der Waals surface area contributed by atoms with Crippen molar-refractivity contribution in [1.82, 2.24) is 4.98 Å². The molecule has 0 saturated carbocycles. The molecule has 9 heteroatoms. The Morgan fingerprint density at radius 1 is 1.04 bits per heavy atom. The number of benzene rings is 2. The van der Waals surface area contributed by atoms with Gasteiger partial charge in [0.2, 0.25) is 0 Å². The molecule has 0 atom stereocenters. The van der Waals surface area contributed by atoms with Crippen molar-refractivity contribution in [2.45, 2.75) is 4.90 Å². The average molecular weight is 471 g/mol. The van der Waals surface area contributed by atoms with Crippen LogP contribution in [0.2, 0.25) is 5.15 Å². The van der Waals surface area contributed by atoms with Crippen molar-refractivity contribution in [3.8, 4) is 5.75 Å². The van der Waals surface area contributed by atoms with Crippen molar-refractivity contribution >= 4 is 43.4 Å². The van der Waals surface area contributed by atoms with E-state index < -0.39 is 15.9 Å². The summed E-state index contributed by atoms with van der Waals surface area (Å²) in [4.78, 5) is 15.8. The smallest absolute Gasteiger partial charge is 0.342 e. The standard InChI is InChI=1S/C18H10BrClFNO4S/c19-13-9-16(18(20)22-10-13)27(24,25)26-15-7-3-12(4-8-15)17(23)11-1-5-14(21)6-2-11/h1-10H. The van der Waals surface area contributed by atoms with Gasteiger partial charge in [-0.15, -0.1) is 0 Å². The highest BCUT2D eigenvalue weighted by atomic mass is 79.9. The Morgan fingerprint density at radius 2 is 1.59 bits per heavy atom. The summed E-state index contributed by atoms with van der Waals surface area (Å²) in [7, 11) is -4.21. The molecule has 5 nitrogen and oxygen atoms in total. The van der Waals surface area contributed by atoms with E-state index >= 15 is 0 Å². The van der Waals surface area contributed by atoms with Gasteiger partial charge in [-0.1, -0.05) is 11.6 Å². The molecule has 0 spiro atoms. The molecule has 0 aliphatic carbocycles. The van der Waals surface area contributed by atoms with Gasteiger partial charge in [-0.05, 0) is 70.5 Å². The Morgan fingerprint density at radius 3 is 2.19 bits per heavy atom. The highest BCUT2D eigenvalue weighted by molar-refractivity contribution is 9.10. The highest BCUT2D eigenvalue weighted by Gasteiger charge is 2.22. The molecule has 0 radical (unpaired) electrons. The second kappa shape index (κ2) is 7.75. The molecule has 0 fully saturated rings. The fourth-order valence-electron chi connectivity index (χ4n) is 2.18. The number of carbonyl (C=O) groups is 1. The van der Waals surface area contributed by atoms with Gasteiger partial charge in [0.15, 0.2) is 10.9 Å². The predicted octanol–water partition coefficient (Wildman–Crippen LogP) is 4.64. The zero-order chi connectivity index (χ0) is 19.6. The van der Waals surface area contributed by atoms with E-state index in [2.05, 4.69) is 20.9 Å². The molecule has 0 saturated heterocycles. The summed E-state index contributed by atoms with van der Waals surface area (Å²) in [5.41, 5.74) is 0.609.